The Balaban J connectivity index is 0.00000261. The van der Waals surface area contributed by atoms with Gasteiger partial charge in [0.2, 0.25) is 0 Å². The van der Waals surface area contributed by atoms with Crippen LogP contribution in [0.1, 0.15) is 58.8 Å². The molecule has 0 bridgehead atoms. The van der Waals surface area contributed by atoms with Gasteiger partial charge in [-0.05, 0) is 57.5 Å². The van der Waals surface area contributed by atoms with Gasteiger partial charge in [-0.2, -0.15) is 0 Å². The van der Waals surface area contributed by atoms with Gasteiger partial charge in [0.25, 0.3) is 5.91 Å². The summed E-state index contributed by atoms with van der Waals surface area (Å²) in [4.78, 5) is 15.2. The molecule has 0 aliphatic carbocycles. The van der Waals surface area contributed by atoms with Gasteiger partial charge < -0.3 is 5.32 Å². The number of aryl methyl sites for hydroxylation is 2. The van der Waals surface area contributed by atoms with E-state index in [0.717, 1.165) is 24.2 Å². The largest absolute Gasteiger partial charge is 0.350 e. The van der Waals surface area contributed by atoms with Gasteiger partial charge in [0.1, 0.15) is 0 Å². The molecule has 1 atom stereocenters. The first-order chi connectivity index (χ1) is 12.6. The van der Waals surface area contributed by atoms with E-state index in [9.17, 15) is 4.79 Å². The molecule has 4 heteroatoms. The Bertz CT molecular complexity index is 721. The van der Waals surface area contributed by atoms with E-state index in [1.165, 1.54) is 36.8 Å². The van der Waals surface area contributed by atoms with Crippen molar-refractivity contribution in [1.29, 1.82) is 0 Å². The minimum Gasteiger partial charge on any atom is -0.350 e. The second-order valence-electron chi connectivity index (χ2n) is 7.46. The predicted molar refractivity (Wildman–Crippen MR) is 115 cm³/mol. The van der Waals surface area contributed by atoms with E-state index in [4.69, 9.17) is 0 Å². The zero-order valence-electron chi connectivity index (χ0n) is 16.4. The first-order valence-corrected chi connectivity index (χ1v) is 9.79. The molecule has 0 saturated carbocycles. The van der Waals surface area contributed by atoms with Crippen molar-refractivity contribution in [3.05, 3.63) is 70.8 Å². The first kappa shape index (κ1) is 21.5. The van der Waals surface area contributed by atoms with Crippen molar-refractivity contribution in [2.45, 2.75) is 45.6 Å². The van der Waals surface area contributed by atoms with Crippen LogP contribution >= 0.6 is 12.4 Å². The summed E-state index contributed by atoms with van der Waals surface area (Å²) in [6.07, 6.45) is 5.11. The smallest absolute Gasteiger partial charge is 0.251 e. The molecule has 0 spiro atoms. The van der Waals surface area contributed by atoms with Gasteiger partial charge in [0.05, 0.1) is 6.04 Å². The third-order valence-corrected chi connectivity index (χ3v) is 5.28. The number of carbonyl (C=O) groups excluding carboxylic acids is 1. The van der Waals surface area contributed by atoms with Crippen molar-refractivity contribution >= 4 is 18.3 Å². The fraction of sp³-hybridized carbons (Fsp3) is 0.435. The molecule has 1 heterocycles. The molecule has 1 amide bonds. The van der Waals surface area contributed by atoms with E-state index in [0.29, 0.717) is 6.54 Å². The molecule has 1 aliphatic heterocycles. The van der Waals surface area contributed by atoms with Crippen molar-refractivity contribution < 1.29 is 4.79 Å². The molecule has 1 unspecified atom stereocenters. The van der Waals surface area contributed by atoms with Crippen LogP contribution in [-0.2, 0) is 0 Å². The molecule has 27 heavy (non-hydrogen) atoms. The van der Waals surface area contributed by atoms with Crippen LogP contribution in [0, 0.1) is 13.8 Å². The Labute approximate surface area is 169 Å². The summed E-state index contributed by atoms with van der Waals surface area (Å²) >= 11 is 0. The summed E-state index contributed by atoms with van der Waals surface area (Å²) in [5, 5.41) is 3.18. The summed E-state index contributed by atoms with van der Waals surface area (Å²) in [5.41, 5.74) is 4.41. The highest BCUT2D eigenvalue weighted by Crippen LogP contribution is 2.24. The summed E-state index contributed by atoms with van der Waals surface area (Å²) in [6, 6.07) is 16.8. The number of hydrogen-bond donors (Lipinski definition) is 1. The molecule has 2 aromatic rings. The predicted octanol–water partition coefficient (Wildman–Crippen LogP) is 5.07. The number of benzene rings is 2. The second-order valence-corrected chi connectivity index (χ2v) is 7.46. The van der Waals surface area contributed by atoms with Crippen molar-refractivity contribution in [1.82, 2.24) is 10.2 Å². The minimum absolute atomic E-state index is 0. The van der Waals surface area contributed by atoms with E-state index < -0.39 is 0 Å². The Hall–Kier alpha value is -1.84. The highest BCUT2D eigenvalue weighted by molar-refractivity contribution is 5.94. The van der Waals surface area contributed by atoms with E-state index >= 15 is 0 Å². The standard InChI is InChI=1S/C23H30N2O.ClH/c1-18-10-12-20(13-11-18)22(25-14-5-3-4-6-15-25)17-24-23(26)21-9-7-8-19(2)16-21;/h7-13,16,22H,3-6,14-15,17H2,1-2H3,(H,24,26);1H. The van der Waals surface area contributed by atoms with Crippen LogP contribution in [0.25, 0.3) is 0 Å². The zero-order valence-corrected chi connectivity index (χ0v) is 17.2. The van der Waals surface area contributed by atoms with Crippen LogP contribution in [0.5, 0.6) is 0 Å². The maximum absolute atomic E-state index is 12.6. The van der Waals surface area contributed by atoms with Gasteiger partial charge in [-0.3, -0.25) is 9.69 Å². The molecular weight excluding hydrogens is 356 g/mol. The van der Waals surface area contributed by atoms with Gasteiger partial charge in [0.15, 0.2) is 0 Å². The van der Waals surface area contributed by atoms with Crippen molar-refractivity contribution in [3.63, 3.8) is 0 Å². The maximum atomic E-state index is 12.6. The number of hydrogen-bond acceptors (Lipinski definition) is 2. The molecule has 146 valence electrons. The lowest BCUT2D eigenvalue weighted by atomic mass is 10.0. The van der Waals surface area contributed by atoms with Crippen molar-refractivity contribution in [2.75, 3.05) is 19.6 Å². The van der Waals surface area contributed by atoms with Gasteiger partial charge >= 0.3 is 0 Å². The Morgan fingerprint density at radius 3 is 2.26 bits per heavy atom. The van der Waals surface area contributed by atoms with Crippen LogP contribution in [0.2, 0.25) is 0 Å². The van der Waals surface area contributed by atoms with Gasteiger partial charge in [0, 0.05) is 12.1 Å². The van der Waals surface area contributed by atoms with Crippen LogP contribution in [0.15, 0.2) is 48.5 Å². The molecule has 1 fully saturated rings. The highest BCUT2D eigenvalue weighted by atomic mass is 35.5. The summed E-state index contributed by atoms with van der Waals surface area (Å²) in [5.74, 6) is 0.0145. The summed E-state index contributed by atoms with van der Waals surface area (Å²) in [7, 11) is 0. The number of halogens is 1. The van der Waals surface area contributed by atoms with E-state index in [-0.39, 0.29) is 24.4 Å². The number of carbonyl (C=O) groups is 1. The third-order valence-electron chi connectivity index (χ3n) is 5.28. The quantitative estimate of drug-likeness (QED) is 0.777. The monoisotopic (exact) mass is 386 g/mol. The van der Waals surface area contributed by atoms with E-state index in [2.05, 4.69) is 41.4 Å². The topological polar surface area (TPSA) is 32.3 Å². The average molecular weight is 387 g/mol. The third kappa shape index (κ3) is 6.08. The SMILES string of the molecule is Cc1ccc(C(CNC(=O)c2cccc(C)c2)N2CCCCCC2)cc1.Cl. The lowest BCUT2D eigenvalue weighted by molar-refractivity contribution is 0.0933. The lowest BCUT2D eigenvalue weighted by Crippen LogP contribution is -2.38. The van der Waals surface area contributed by atoms with Gasteiger partial charge in [-0.1, -0.05) is 60.4 Å². The van der Waals surface area contributed by atoms with Crippen molar-refractivity contribution in [2.24, 2.45) is 0 Å². The summed E-state index contributed by atoms with van der Waals surface area (Å²) in [6.45, 7) is 7.00. The fourth-order valence-corrected chi connectivity index (χ4v) is 3.73. The Kier molecular flexibility index (Phi) is 8.33. The van der Waals surface area contributed by atoms with Crippen LogP contribution in [0.4, 0.5) is 0 Å². The average Bonchev–Trinajstić information content (AvgIpc) is 2.92. The second kappa shape index (κ2) is 10.5. The molecule has 0 aromatic heterocycles. The first-order valence-electron chi connectivity index (χ1n) is 9.79. The fourth-order valence-electron chi connectivity index (χ4n) is 3.73. The highest BCUT2D eigenvalue weighted by Gasteiger charge is 2.22. The van der Waals surface area contributed by atoms with E-state index in [1.54, 1.807) is 0 Å². The summed E-state index contributed by atoms with van der Waals surface area (Å²) < 4.78 is 0. The Morgan fingerprint density at radius 1 is 0.963 bits per heavy atom. The van der Waals surface area contributed by atoms with E-state index in [1.807, 2.05) is 31.2 Å². The number of likely N-dealkylation sites (tertiary alicyclic amines) is 1. The maximum Gasteiger partial charge on any atom is 0.251 e. The molecular formula is C23H31ClN2O. The molecule has 1 aliphatic rings. The lowest BCUT2D eigenvalue weighted by Gasteiger charge is -2.31. The van der Waals surface area contributed by atoms with Crippen LogP contribution in [0.3, 0.4) is 0 Å². The molecule has 1 saturated heterocycles. The molecule has 3 nitrogen and oxygen atoms in total. The zero-order chi connectivity index (χ0) is 18.4. The Morgan fingerprint density at radius 2 is 1.63 bits per heavy atom. The number of nitrogens with zero attached hydrogens (tertiary/aromatic N) is 1. The molecule has 0 radical (unpaired) electrons. The van der Waals surface area contributed by atoms with Crippen LogP contribution in [-0.4, -0.2) is 30.4 Å². The molecule has 3 rings (SSSR count). The van der Waals surface area contributed by atoms with Gasteiger partial charge in [-0.15, -0.1) is 12.4 Å². The number of rotatable bonds is 5. The molecule has 1 N–H and O–H groups in total. The number of amides is 1. The van der Waals surface area contributed by atoms with Gasteiger partial charge in [-0.25, -0.2) is 0 Å². The minimum atomic E-state index is 0. The molecule has 2 aromatic carbocycles. The van der Waals surface area contributed by atoms with Crippen LogP contribution < -0.4 is 5.32 Å². The number of nitrogens with one attached hydrogen (secondary N) is 1. The van der Waals surface area contributed by atoms with Crippen molar-refractivity contribution in [3.8, 4) is 0 Å². The normalized spacial score (nSPS) is 16.1.